The summed E-state index contributed by atoms with van der Waals surface area (Å²) in [7, 11) is 1.67. The van der Waals surface area contributed by atoms with E-state index in [1.165, 1.54) is 0 Å². The highest BCUT2D eigenvalue weighted by atomic mass is 16.5. The smallest absolute Gasteiger partial charge is 0.141 e. The Labute approximate surface area is 166 Å². The summed E-state index contributed by atoms with van der Waals surface area (Å²) < 4.78 is 11.0. The second-order valence-corrected chi connectivity index (χ2v) is 6.99. The first kappa shape index (κ1) is 19.7. The molecule has 5 heteroatoms. The zero-order valence-corrected chi connectivity index (χ0v) is 16.5. The molecule has 0 saturated carbocycles. The Morgan fingerprint density at radius 1 is 1.14 bits per heavy atom. The van der Waals surface area contributed by atoms with Gasteiger partial charge in [0, 0.05) is 29.8 Å². The third-order valence-electron chi connectivity index (χ3n) is 4.28. The maximum atomic E-state index is 5.95. The molecule has 144 valence electrons. The van der Waals surface area contributed by atoms with Crippen molar-refractivity contribution in [1.29, 1.82) is 0 Å². The Balaban J connectivity index is 2.00. The first-order valence-corrected chi connectivity index (χ1v) is 9.33. The fraction of sp³-hybridized carbons (Fsp3) is 0.304. The van der Waals surface area contributed by atoms with Crippen molar-refractivity contribution >= 4 is 22.4 Å². The van der Waals surface area contributed by atoms with Crippen LogP contribution in [0.3, 0.4) is 0 Å². The van der Waals surface area contributed by atoms with E-state index in [1.807, 2.05) is 30.3 Å². The summed E-state index contributed by atoms with van der Waals surface area (Å²) in [6.45, 7) is 5.42. The molecule has 1 aromatic heterocycles. The summed E-state index contributed by atoms with van der Waals surface area (Å²) in [5.74, 6) is 4.74. The Morgan fingerprint density at radius 2 is 2.00 bits per heavy atom. The second-order valence-electron chi connectivity index (χ2n) is 6.99. The summed E-state index contributed by atoms with van der Waals surface area (Å²) in [4.78, 5) is 8.88. The van der Waals surface area contributed by atoms with Crippen molar-refractivity contribution in [1.82, 2.24) is 9.97 Å². The van der Waals surface area contributed by atoms with Crippen LogP contribution in [0, 0.1) is 18.3 Å². The summed E-state index contributed by atoms with van der Waals surface area (Å²) in [5.41, 5.74) is 3.67. The fourth-order valence-corrected chi connectivity index (χ4v) is 3.02. The molecule has 28 heavy (non-hydrogen) atoms. The molecule has 3 rings (SSSR count). The minimum atomic E-state index is 0.496. The molecule has 0 amide bonds. The number of benzene rings is 2. The van der Waals surface area contributed by atoms with Crippen LogP contribution in [-0.2, 0) is 11.2 Å². The SMILES string of the molecule is C#Cc1cccc(Nc2ncnc3cc(OCCOC)c(CC(C)C)cc23)c1. The van der Waals surface area contributed by atoms with E-state index in [-0.39, 0.29) is 0 Å². The van der Waals surface area contributed by atoms with Gasteiger partial charge in [0.25, 0.3) is 0 Å². The van der Waals surface area contributed by atoms with E-state index in [9.17, 15) is 0 Å². The predicted molar refractivity (Wildman–Crippen MR) is 113 cm³/mol. The van der Waals surface area contributed by atoms with E-state index in [2.05, 4.69) is 41.1 Å². The lowest BCUT2D eigenvalue weighted by molar-refractivity contribution is 0.145. The van der Waals surface area contributed by atoms with Gasteiger partial charge in [-0.05, 0) is 42.2 Å². The molecular weight excluding hydrogens is 350 g/mol. The predicted octanol–water partition coefficient (Wildman–Crippen LogP) is 4.58. The molecule has 1 heterocycles. The van der Waals surface area contributed by atoms with Crippen LogP contribution in [0.5, 0.6) is 5.75 Å². The second kappa shape index (κ2) is 9.20. The Hall–Kier alpha value is -3.10. The zero-order valence-electron chi connectivity index (χ0n) is 16.5. The van der Waals surface area contributed by atoms with Crippen LogP contribution in [0.2, 0.25) is 0 Å². The van der Waals surface area contributed by atoms with Crippen LogP contribution < -0.4 is 10.1 Å². The largest absolute Gasteiger partial charge is 0.491 e. The van der Waals surface area contributed by atoms with Crippen molar-refractivity contribution in [3.8, 4) is 18.1 Å². The fourth-order valence-electron chi connectivity index (χ4n) is 3.02. The highest BCUT2D eigenvalue weighted by Gasteiger charge is 2.13. The number of anilines is 2. The van der Waals surface area contributed by atoms with Gasteiger partial charge in [0.15, 0.2) is 0 Å². The third kappa shape index (κ3) is 4.79. The number of ether oxygens (including phenoxy) is 2. The van der Waals surface area contributed by atoms with Gasteiger partial charge in [0.1, 0.15) is 24.5 Å². The molecule has 1 N–H and O–H groups in total. The minimum absolute atomic E-state index is 0.496. The molecule has 0 spiro atoms. The average Bonchev–Trinajstić information content (AvgIpc) is 2.69. The molecule has 3 aromatic rings. The van der Waals surface area contributed by atoms with Crippen LogP contribution in [0.4, 0.5) is 11.5 Å². The first-order chi connectivity index (χ1) is 13.6. The van der Waals surface area contributed by atoms with Gasteiger partial charge in [-0.2, -0.15) is 0 Å². The number of hydrogen-bond donors (Lipinski definition) is 1. The number of nitrogens with zero attached hydrogens (tertiary/aromatic N) is 2. The molecular formula is C23H25N3O2. The molecule has 0 radical (unpaired) electrons. The van der Waals surface area contributed by atoms with Gasteiger partial charge in [-0.1, -0.05) is 25.8 Å². The van der Waals surface area contributed by atoms with Gasteiger partial charge in [0.05, 0.1) is 12.1 Å². The minimum Gasteiger partial charge on any atom is -0.491 e. The number of hydrogen-bond acceptors (Lipinski definition) is 5. The van der Waals surface area contributed by atoms with Crippen molar-refractivity contribution < 1.29 is 9.47 Å². The van der Waals surface area contributed by atoms with E-state index in [1.54, 1.807) is 13.4 Å². The van der Waals surface area contributed by atoms with Crippen molar-refractivity contribution in [2.75, 3.05) is 25.6 Å². The highest BCUT2D eigenvalue weighted by molar-refractivity contribution is 5.92. The first-order valence-electron chi connectivity index (χ1n) is 9.33. The van der Waals surface area contributed by atoms with Crippen molar-refractivity contribution in [3.05, 3.63) is 53.9 Å². The average molecular weight is 375 g/mol. The molecule has 5 nitrogen and oxygen atoms in total. The normalized spacial score (nSPS) is 10.8. The van der Waals surface area contributed by atoms with E-state index < -0.39 is 0 Å². The maximum absolute atomic E-state index is 5.95. The molecule has 0 atom stereocenters. The maximum Gasteiger partial charge on any atom is 0.141 e. The number of terminal acetylenes is 1. The van der Waals surface area contributed by atoms with Gasteiger partial charge in [0.2, 0.25) is 0 Å². The van der Waals surface area contributed by atoms with Crippen LogP contribution in [-0.4, -0.2) is 30.3 Å². The van der Waals surface area contributed by atoms with Crippen LogP contribution in [0.1, 0.15) is 25.0 Å². The summed E-state index contributed by atoms with van der Waals surface area (Å²) in [6.07, 6.45) is 7.96. The van der Waals surface area contributed by atoms with Crippen LogP contribution >= 0.6 is 0 Å². The number of fused-ring (bicyclic) bond motifs is 1. The van der Waals surface area contributed by atoms with Gasteiger partial charge in [-0.3, -0.25) is 0 Å². The van der Waals surface area contributed by atoms with Crippen molar-refractivity contribution in [2.45, 2.75) is 20.3 Å². The van der Waals surface area contributed by atoms with Crippen LogP contribution in [0.25, 0.3) is 10.9 Å². The molecule has 0 unspecified atom stereocenters. The number of aromatic nitrogens is 2. The molecule has 0 aliphatic heterocycles. The lowest BCUT2D eigenvalue weighted by Gasteiger charge is -2.16. The summed E-state index contributed by atoms with van der Waals surface area (Å²) in [6, 6.07) is 11.8. The topological polar surface area (TPSA) is 56.3 Å². The number of methoxy groups -OCH3 is 1. The van der Waals surface area contributed by atoms with Crippen molar-refractivity contribution in [3.63, 3.8) is 0 Å². The van der Waals surface area contributed by atoms with E-state index in [4.69, 9.17) is 15.9 Å². The molecule has 0 fully saturated rings. The summed E-state index contributed by atoms with van der Waals surface area (Å²) in [5, 5.41) is 4.31. The highest BCUT2D eigenvalue weighted by Crippen LogP contribution is 2.31. The van der Waals surface area contributed by atoms with E-state index in [0.717, 1.165) is 45.7 Å². The monoisotopic (exact) mass is 375 g/mol. The Bertz CT molecular complexity index is 993. The molecule has 0 aliphatic rings. The molecule has 2 aromatic carbocycles. The lowest BCUT2D eigenvalue weighted by Crippen LogP contribution is -2.07. The van der Waals surface area contributed by atoms with E-state index >= 15 is 0 Å². The van der Waals surface area contributed by atoms with Gasteiger partial charge < -0.3 is 14.8 Å². The summed E-state index contributed by atoms with van der Waals surface area (Å²) >= 11 is 0. The standard InChI is InChI=1S/C23H25N3O2/c1-5-17-7-6-8-19(12-17)26-23-20-13-18(11-16(2)3)22(28-10-9-27-4)14-21(20)24-15-25-23/h1,6-8,12-16H,9-11H2,2-4H3,(H,24,25,26). The van der Waals surface area contributed by atoms with Crippen LogP contribution in [0.15, 0.2) is 42.7 Å². The number of nitrogens with one attached hydrogen (secondary N) is 1. The molecule has 0 aliphatic carbocycles. The molecule has 0 bridgehead atoms. The molecule has 0 saturated heterocycles. The van der Waals surface area contributed by atoms with Gasteiger partial charge in [-0.15, -0.1) is 6.42 Å². The van der Waals surface area contributed by atoms with Crippen molar-refractivity contribution in [2.24, 2.45) is 5.92 Å². The Morgan fingerprint density at radius 3 is 2.75 bits per heavy atom. The zero-order chi connectivity index (χ0) is 19.9. The quantitative estimate of drug-likeness (QED) is 0.461. The van der Waals surface area contributed by atoms with Gasteiger partial charge >= 0.3 is 0 Å². The van der Waals surface area contributed by atoms with E-state index in [0.29, 0.717) is 19.1 Å². The van der Waals surface area contributed by atoms with Gasteiger partial charge in [-0.25, -0.2) is 9.97 Å². The third-order valence-corrected chi connectivity index (χ3v) is 4.28. The lowest BCUT2D eigenvalue weighted by atomic mass is 10.00. The Kier molecular flexibility index (Phi) is 6.46. The number of rotatable bonds is 8.